The number of rotatable bonds is 3. The third-order valence-corrected chi connectivity index (χ3v) is 4.94. The molecule has 0 aliphatic carbocycles. The SMILES string of the molecule is Cc1ccc(NS(=O)(=O)c2c(Cl)cc(N)cc2Cl)c(F)c1. The summed E-state index contributed by atoms with van der Waals surface area (Å²) in [7, 11) is -4.14. The lowest BCUT2D eigenvalue weighted by atomic mass is 10.2. The zero-order valence-corrected chi connectivity index (χ0v) is 13.2. The summed E-state index contributed by atoms with van der Waals surface area (Å²) in [5, 5.41) is -0.278. The molecule has 0 spiro atoms. The molecule has 0 radical (unpaired) electrons. The van der Waals surface area contributed by atoms with E-state index in [-0.39, 0.29) is 26.3 Å². The van der Waals surface area contributed by atoms with Crippen LogP contribution in [0.3, 0.4) is 0 Å². The molecule has 4 nitrogen and oxygen atoms in total. The third-order valence-electron chi connectivity index (χ3n) is 2.66. The molecule has 112 valence electrons. The van der Waals surface area contributed by atoms with E-state index in [1.54, 1.807) is 13.0 Å². The van der Waals surface area contributed by atoms with Gasteiger partial charge in [0.2, 0.25) is 0 Å². The maximum atomic E-state index is 13.7. The minimum Gasteiger partial charge on any atom is -0.399 e. The molecule has 0 bridgehead atoms. The van der Waals surface area contributed by atoms with Crippen molar-refractivity contribution in [1.82, 2.24) is 0 Å². The predicted molar refractivity (Wildman–Crippen MR) is 82.8 cm³/mol. The van der Waals surface area contributed by atoms with E-state index in [1.165, 1.54) is 24.3 Å². The van der Waals surface area contributed by atoms with Crippen molar-refractivity contribution in [3.05, 3.63) is 51.8 Å². The Kier molecular flexibility index (Phi) is 4.32. The van der Waals surface area contributed by atoms with Crippen LogP contribution in [0.4, 0.5) is 15.8 Å². The van der Waals surface area contributed by atoms with Crippen molar-refractivity contribution in [2.24, 2.45) is 0 Å². The maximum absolute atomic E-state index is 13.7. The smallest absolute Gasteiger partial charge is 0.264 e. The van der Waals surface area contributed by atoms with E-state index >= 15 is 0 Å². The first-order chi connectivity index (χ1) is 9.70. The molecule has 3 N–H and O–H groups in total. The van der Waals surface area contributed by atoms with Crippen LogP contribution in [-0.2, 0) is 10.0 Å². The van der Waals surface area contributed by atoms with E-state index in [1.807, 2.05) is 0 Å². The summed E-state index contributed by atoms with van der Waals surface area (Å²) in [4.78, 5) is -0.347. The lowest BCUT2D eigenvalue weighted by Gasteiger charge is -2.12. The first kappa shape index (κ1) is 15.9. The molecule has 0 amide bonds. The zero-order valence-electron chi connectivity index (χ0n) is 10.8. The van der Waals surface area contributed by atoms with Gasteiger partial charge in [0.05, 0.1) is 15.7 Å². The summed E-state index contributed by atoms with van der Waals surface area (Å²) < 4.78 is 40.5. The summed E-state index contributed by atoms with van der Waals surface area (Å²) in [6.07, 6.45) is 0. The quantitative estimate of drug-likeness (QED) is 0.828. The molecule has 0 aromatic heterocycles. The monoisotopic (exact) mass is 348 g/mol. The van der Waals surface area contributed by atoms with E-state index in [0.29, 0.717) is 5.56 Å². The Labute approximate surface area is 131 Å². The summed E-state index contributed by atoms with van der Waals surface area (Å²) in [6, 6.07) is 6.62. The second-order valence-electron chi connectivity index (χ2n) is 4.40. The molecule has 0 atom stereocenters. The van der Waals surface area contributed by atoms with E-state index in [0.717, 1.165) is 0 Å². The number of benzene rings is 2. The van der Waals surface area contributed by atoms with Crippen molar-refractivity contribution < 1.29 is 12.8 Å². The number of nitrogens with two attached hydrogens (primary N) is 1. The summed E-state index contributed by atoms with van der Waals surface area (Å²) in [5.41, 5.74) is 6.22. The predicted octanol–water partition coefficient (Wildman–Crippen LogP) is 3.82. The van der Waals surface area contributed by atoms with Crippen LogP contribution in [0.2, 0.25) is 10.0 Å². The highest BCUT2D eigenvalue weighted by Gasteiger charge is 2.23. The Bertz CT molecular complexity index is 787. The molecule has 0 aliphatic heterocycles. The van der Waals surface area contributed by atoms with Gasteiger partial charge in [0.25, 0.3) is 10.0 Å². The second-order valence-corrected chi connectivity index (χ2v) is 6.84. The van der Waals surface area contributed by atoms with Crippen molar-refractivity contribution in [3.63, 3.8) is 0 Å². The van der Waals surface area contributed by atoms with Crippen LogP contribution in [-0.4, -0.2) is 8.42 Å². The lowest BCUT2D eigenvalue weighted by molar-refractivity contribution is 0.598. The number of anilines is 2. The molecular formula is C13H11Cl2FN2O2S. The van der Waals surface area contributed by atoms with Crippen molar-refractivity contribution in [3.8, 4) is 0 Å². The van der Waals surface area contributed by atoms with Gasteiger partial charge in [-0.25, -0.2) is 12.8 Å². The molecule has 2 rings (SSSR count). The van der Waals surface area contributed by atoms with E-state index in [9.17, 15) is 12.8 Å². The van der Waals surface area contributed by atoms with Crippen LogP contribution in [0.15, 0.2) is 35.2 Å². The number of sulfonamides is 1. The largest absolute Gasteiger partial charge is 0.399 e. The molecule has 0 fully saturated rings. The fourth-order valence-electron chi connectivity index (χ4n) is 1.73. The molecule has 0 heterocycles. The van der Waals surface area contributed by atoms with Crippen LogP contribution in [0, 0.1) is 12.7 Å². The van der Waals surface area contributed by atoms with Gasteiger partial charge in [-0.2, -0.15) is 0 Å². The Morgan fingerprint density at radius 2 is 1.71 bits per heavy atom. The second kappa shape index (κ2) is 5.71. The maximum Gasteiger partial charge on any atom is 0.264 e. The van der Waals surface area contributed by atoms with Crippen molar-refractivity contribution in [2.75, 3.05) is 10.5 Å². The van der Waals surface area contributed by atoms with Gasteiger partial charge >= 0.3 is 0 Å². The minimum absolute atomic E-state index is 0.139. The number of hydrogen-bond donors (Lipinski definition) is 2. The fraction of sp³-hybridized carbons (Fsp3) is 0.0769. The third kappa shape index (κ3) is 3.40. The van der Waals surface area contributed by atoms with Crippen LogP contribution in [0.5, 0.6) is 0 Å². The van der Waals surface area contributed by atoms with Crippen LogP contribution >= 0.6 is 23.2 Å². The van der Waals surface area contributed by atoms with Gasteiger partial charge in [-0.05, 0) is 36.8 Å². The highest BCUT2D eigenvalue weighted by Crippen LogP contribution is 2.33. The molecule has 8 heteroatoms. The Morgan fingerprint density at radius 1 is 1.14 bits per heavy atom. The molecular weight excluding hydrogens is 338 g/mol. The minimum atomic E-state index is -4.14. The number of nitrogens with one attached hydrogen (secondary N) is 1. The van der Waals surface area contributed by atoms with E-state index in [2.05, 4.69) is 4.72 Å². The Hall–Kier alpha value is -1.50. The normalized spacial score (nSPS) is 11.4. The summed E-state index contributed by atoms with van der Waals surface area (Å²) in [5.74, 6) is -0.693. The average Bonchev–Trinajstić information content (AvgIpc) is 2.30. The van der Waals surface area contributed by atoms with Crippen LogP contribution in [0.1, 0.15) is 5.56 Å². The molecule has 2 aromatic carbocycles. The number of nitrogen functional groups attached to an aromatic ring is 1. The molecule has 0 unspecified atom stereocenters. The van der Waals surface area contributed by atoms with Crippen molar-refractivity contribution >= 4 is 44.6 Å². The van der Waals surface area contributed by atoms with Crippen LogP contribution < -0.4 is 10.5 Å². The molecule has 0 saturated carbocycles. The Balaban J connectivity index is 2.48. The molecule has 21 heavy (non-hydrogen) atoms. The lowest BCUT2D eigenvalue weighted by Crippen LogP contribution is -2.15. The van der Waals surface area contributed by atoms with Gasteiger partial charge in [-0.15, -0.1) is 0 Å². The van der Waals surface area contributed by atoms with Gasteiger partial charge in [-0.1, -0.05) is 29.3 Å². The zero-order chi connectivity index (χ0) is 15.8. The summed E-state index contributed by atoms with van der Waals surface area (Å²) >= 11 is 11.7. The number of aryl methyl sites for hydroxylation is 1. The van der Waals surface area contributed by atoms with Crippen molar-refractivity contribution in [2.45, 2.75) is 11.8 Å². The molecule has 2 aromatic rings. The van der Waals surface area contributed by atoms with Crippen LogP contribution in [0.25, 0.3) is 0 Å². The Morgan fingerprint density at radius 3 is 2.24 bits per heavy atom. The highest BCUT2D eigenvalue weighted by molar-refractivity contribution is 7.93. The average molecular weight is 349 g/mol. The van der Waals surface area contributed by atoms with E-state index < -0.39 is 15.8 Å². The summed E-state index contributed by atoms with van der Waals surface area (Å²) in [6.45, 7) is 1.69. The topological polar surface area (TPSA) is 72.2 Å². The number of hydrogen-bond acceptors (Lipinski definition) is 3. The molecule has 0 saturated heterocycles. The van der Waals surface area contributed by atoms with Gasteiger partial charge < -0.3 is 5.73 Å². The number of halogens is 3. The highest BCUT2D eigenvalue weighted by atomic mass is 35.5. The standard InChI is InChI=1S/C13H11Cl2FN2O2S/c1-7-2-3-12(11(16)4-7)18-21(19,20)13-9(14)5-8(17)6-10(13)15/h2-6,18H,17H2,1H3. The van der Waals surface area contributed by atoms with Crippen molar-refractivity contribution in [1.29, 1.82) is 0 Å². The fourth-order valence-corrected chi connectivity index (χ4v) is 4.04. The van der Waals surface area contributed by atoms with Gasteiger partial charge in [0.1, 0.15) is 10.7 Å². The molecule has 0 aliphatic rings. The van der Waals surface area contributed by atoms with Gasteiger partial charge in [0.15, 0.2) is 0 Å². The first-order valence-electron chi connectivity index (χ1n) is 5.74. The van der Waals surface area contributed by atoms with E-state index in [4.69, 9.17) is 28.9 Å². The van der Waals surface area contributed by atoms with Gasteiger partial charge in [0, 0.05) is 5.69 Å². The van der Waals surface area contributed by atoms with Gasteiger partial charge in [-0.3, -0.25) is 4.72 Å². The first-order valence-corrected chi connectivity index (χ1v) is 7.98.